The minimum Gasteiger partial charge on any atom is -0.343 e. The quantitative estimate of drug-likeness (QED) is 0.799. The molecule has 1 N–H and O–H groups in total. The van der Waals surface area contributed by atoms with Gasteiger partial charge in [0.2, 0.25) is 6.39 Å². The molecule has 0 bridgehead atoms. The molecule has 5 nitrogen and oxygen atoms in total. The zero-order chi connectivity index (χ0) is 12.1. The summed E-state index contributed by atoms with van der Waals surface area (Å²) in [5.74, 6) is 1.61. The smallest absolute Gasteiger partial charge is 0.213 e. The lowest BCUT2D eigenvalue weighted by atomic mass is 10.1. The van der Waals surface area contributed by atoms with E-state index in [1.165, 1.54) is 25.9 Å². The number of hydrogen-bond donors (Lipinski definition) is 1. The third kappa shape index (κ3) is 4.09. The van der Waals surface area contributed by atoms with Gasteiger partial charge >= 0.3 is 0 Å². The fraction of sp³-hybridized carbons (Fsp3) is 0.833. The van der Waals surface area contributed by atoms with Crippen LogP contribution in [0.15, 0.2) is 10.9 Å². The summed E-state index contributed by atoms with van der Waals surface area (Å²) in [6, 6.07) is 0.586. The van der Waals surface area contributed by atoms with Crippen LogP contribution < -0.4 is 5.32 Å². The second kappa shape index (κ2) is 6.12. The highest BCUT2D eigenvalue weighted by Gasteiger charge is 2.22. The summed E-state index contributed by atoms with van der Waals surface area (Å²) in [5.41, 5.74) is 0. The van der Waals surface area contributed by atoms with Crippen molar-refractivity contribution in [3.63, 3.8) is 0 Å². The number of aromatic nitrogens is 2. The molecule has 17 heavy (non-hydrogen) atoms. The molecule has 0 saturated carbocycles. The molecule has 1 aliphatic rings. The van der Waals surface area contributed by atoms with Crippen molar-refractivity contribution in [1.29, 1.82) is 0 Å². The van der Waals surface area contributed by atoms with E-state index in [0.717, 1.165) is 31.3 Å². The van der Waals surface area contributed by atoms with Crippen LogP contribution in [-0.2, 0) is 6.42 Å². The average molecular weight is 238 g/mol. The molecule has 2 rings (SSSR count). The predicted molar refractivity (Wildman–Crippen MR) is 65.7 cm³/mol. The highest BCUT2D eigenvalue weighted by molar-refractivity contribution is 4.83. The molecule has 5 heteroatoms. The molecule has 0 amide bonds. The Labute approximate surface area is 103 Å². The first-order chi connectivity index (χ1) is 8.24. The zero-order valence-electron chi connectivity index (χ0n) is 10.7. The Morgan fingerprint density at radius 1 is 1.59 bits per heavy atom. The van der Waals surface area contributed by atoms with Crippen molar-refractivity contribution in [2.45, 2.75) is 32.7 Å². The largest absolute Gasteiger partial charge is 0.343 e. The highest BCUT2D eigenvalue weighted by atomic mass is 16.5. The fourth-order valence-corrected chi connectivity index (χ4v) is 2.25. The van der Waals surface area contributed by atoms with Gasteiger partial charge in [0.15, 0.2) is 5.82 Å². The summed E-state index contributed by atoms with van der Waals surface area (Å²) >= 11 is 0. The van der Waals surface area contributed by atoms with Gasteiger partial charge < -0.3 is 14.7 Å². The molecule has 2 heterocycles. The number of nitrogens with one attached hydrogen (secondary N) is 1. The van der Waals surface area contributed by atoms with E-state index in [1.54, 1.807) is 0 Å². The first-order valence-electron chi connectivity index (χ1n) is 6.45. The highest BCUT2D eigenvalue weighted by Crippen LogP contribution is 2.15. The van der Waals surface area contributed by atoms with Crippen molar-refractivity contribution in [3.8, 4) is 0 Å². The first kappa shape index (κ1) is 12.5. The van der Waals surface area contributed by atoms with Crippen LogP contribution in [0.2, 0.25) is 0 Å². The molecular weight excluding hydrogens is 216 g/mol. The van der Waals surface area contributed by atoms with Gasteiger partial charge in [0.1, 0.15) is 0 Å². The molecule has 96 valence electrons. The van der Waals surface area contributed by atoms with Gasteiger partial charge in [0.25, 0.3) is 0 Å². The Kier molecular flexibility index (Phi) is 4.50. The molecular formula is C12H22N4O. The molecule has 1 aromatic rings. The Morgan fingerprint density at radius 2 is 2.47 bits per heavy atom. The van der Waals surface area contributed by atoms with E-state index in [0.29, 0.717) is 6.04 Å². The van der Waals surface area contributed by atoms with Gasteiger partial charge in [0.05, 0.1) is 0 Å². The summed E-state index contributed by atoms with van der Waals surface area (Å²) < 4.78 is 4.73. The van der Waals surface area contributed by atoms with Crippen LogP contribution in [0.25, 0.3) is 0 Å². The summed E-state index contributed by atoms with van der Waals surface area (Å²) in [5, 5.41) is 7.34. The molecule has 1 fully saturated rings. The number of likely N-dealkylation sites (tertiary alicyclic amines) is 1. The monoisotopic (exact) mass is 238 g/mol. The maximum Gasteiger partial charge on any atom is 0.213 e. The van der Waals surface area contributed by atoms with E-state index >= 15 is 0 Å². The van der Waals surface area contributed by atoms with E-state index in [4.69, 9.17) is 4.52 Å². The Balaban J connectivity index is 1.64. The Morgan fingerprint density at radius 3 is 3.18 bits per heavy atom. The first-order valence-corrected chi connectivity index (χ1v) is 6.45. The van der Waals surface area contributed by atoms with Crippen LogP contribution >= 0.6 is 0 Å². The maximum absolute atomic E-state index is 4.73. The molecule has 1 atom stereocenters. The van der Waals surface area contributed by atoms with E-state index in [1.807, 2.05) is 0 Å². The van der Waals surface area contributed by atoms with Gasteiger partial charge in [-0.2, -0.15) is 4.98 Å². The normalized spacial score (nSPS) is 21.5. The third-order valence-corrected chi connectivity index (χ3v) is 3.24. The SMILES string of the molecule is CC(C)NCC1CCN(CCc2ncon2)C1. The predicted octanol–water partition coefficient (Wildman–Crippen LogP) is 0.932. The van der Waals surface area contributed by atoms with E-state index < -0.39 is 0 Å². The van der Waals surface area contributed by atoms with Crippen LogP contribution in [0, 0.1) is 5.92 Å². The Bertz CT molecular complexity index is 312. The second-order valence-corrected chi connectivity index (χ2v) is 5.12. The molecule has 0 spiro atoms. The summed E-state index contributed by atoms with van der Waals surface area (Å²) in [4.78, 5) is 6.53. The standard InChI is InChI=1S/C12H22N4O/c1-10(2)13-7-11-3-5-16(8-11)6-4-12-14-9-17-15-12/h9-11,13H,3-8H2,1-2H3. The van der Waals surface area contributed by atoms with Gasteiger partial charge in [-0.25, -0.2) is 0 Å². The van der Waals surface area contributed by atoms with Gasteiger partial charge in [-0.15, -0.1) is 0 Å². The summed E-state index contributed by atoms with van der Waals surface area (Å²) in [7, 11) is 0. The summed E-state index contributed by atoms with van der Waals surface area (Å²) in [6.45, 7) is 8.96. The van der Waals surface area contributed by atoms with Gasteiger partial charge in [-0.1, -0.05) is 19.0 Å². The number of rotatable bonds is 6. The van der Waals surface area contributed by atoms with Crippen molar-refractivity contribution < 1.29 is 4.52 Å². The molecule has 1 unspecified atom stereocenters. The van der Waals surface area contributed by atoms with Gasteiger partial charge in [0, 0.05) is 25.6 Å². The number of hydrogen-bond acceptors (Lipinski definition) is 5. The van der Waals surface area contributed by atoms with E-state index in [2.05, 4.69) is 34.2 Å². The van der Waals surface area contributed by atoms with Crippen molar-refractivity contribution in [3.05, 3.63) is 12.2 Å². The molecule has 1 aliphatic heterocycles. The van der Waals surface area contributed by atoms with Crippen molar-refractivity contribution in [1.82, 2.24) is 20.4 Å². The second-order valence-electron chi connectivity index (χ2n) is 5.12. The van der Waals surface area contributed by atoms with E-state index in [-0.39, 0.29) is 0 Å². The van der Waals surface area contributed by atoms with Crippen LogP contribution in [0.4, 0.5) is 0 Å². The van der Waals surface area contributed by atoms with Crippen molar-refractivity contribution in [2.24, 2.45) is 5.92 Å². The lowest BCUT2D eigenvalue weighted by molar-refractivity contribution is 0.318. The Hall–Kier alpha value is -0.940. The van der Waals surface area contributed by atoms with Crippen LogP contribution in [0.1, 0.15) is 26.1 Å². The van der Waals surface area contributed by atoms with Crippen LogP contribution in [0.5, 0.6) is 0 Å². The van der Waals surface area contributed by atoms with Crippen LogP contribution in [-0.4, -0.2) is 47.3 Å². The molecule has 0 aromatic carbocycles. The zero-order valence-corrected chi connectivity index (χ0v) is 10.7. The van der Waals surface area contributed by atoms with E-state index in [9.17, 15) is 0 Å². The lowest BCUT2D eigenvalue weighted by Gasteiger charge is -2.16. The molecule has 0 radical (unpaired) electrons. The lowest BCUT2D eigenvalue weighted by Crippen LogP contribution is -2.31. The average Bonchev–Trinajstić information content (AvgIpc) is 2.95. The van der Waals surface area contributed by atoms with Crippen LogP contribution in [0.3, 0.4) is 0 Å². The molecule has 1 aromatic heterocycles. The minimum atomic E-state index is 0.586. The topological polar surface area (TPSA) is 54.2 Å². The minimum absolute atomic E-state index is 0.586. The number of nitrogens with zero attached hydrogens (tertiary/aromatic N) is 3. The summed E-state index contributed by atoms with van der Waals surface area (Å²) in [6.07, 6.45) is 3.58. The maximum atomic E-state index is 4.73. The molecule has 1 saturated heterocycles. The van der Waals surface area contributed by atoms with Gasteiger partial charge in [-0.05, 0) is 25.4 Å². The third-order valence-electron chi connectivity index (χ3n) is 3.24. The fourth-order valence-electron chi connectivity index (χ4n) is 2.25. The van der Waals surface area contributed by atoms with Crippen molar-refractivity contribution in [2.75, 3.05) is 26.2 Å². The molecule has 0 aliphatic carbocycles. The van der Waals surface area contributed by atoms with Crippen molar-refractivity contribution >= 4 is 0 Å². The van der Waals surface area contributed by atoms with Gasteiger partial charge in [-0.3, -0.25) is 0 Å².